The Morgan fingerprint density at radius 1 is 1.47 bits per heavy atom. The summed E-state index contributed by atoms with van der Waals surface area (Å²) < 4.78 is 9.75. The number of nitrogens with zero attached hydrogens (tertiary/aromatic N) is 2. The third kappa shape index (κ3) is 2.66. The molecule has 7 nitrogen and oxygen atoms in total. The maximum absolute atomic E-state index is 11.6. The zero-order chi connectivity index (χ0) is 11.5. The molecule has 1 heterocycles. The number of aromatic amines is 1. The van der Waals surface area contributed by atoms with E-state index in [2.05, 4.69) is 20.5 Å². The van der Waals surface area contributed by atoms with Crippen LogP contribution in [0.3, 0.4) is 0 Å². The van der Waals surface area contributed by atoms with Gasteiger partial charge in [0.1, 0.15) is 5.60 Å². The molecule has 0 saturated carbocycles. The van der Waals surface area contributed by atoms with Crippen LogP contribution in [0.1, 0.15) is 13.8 Å². The lowest BCUT2D eigenvalue weighted by Crippen LogP contribution is -2.39. The molecule has 0 bridgehead atoms. The molecular formula is C8H14N4O3. The van der Waals surface area contributed by atoms with E-state index in [1.54, 1.807) is 13.8 Å². The first-order valence-corrected chi connectivity index (χ1v) is 4.32. The summed E-state index contributed by atoms with van der Waals surface area (Å²) in [6, 6.07) is 0.167. The highest BCUT2D eigenvalue weighted by Gasteiger charge is 2.27. The van der Waals surface area contributed by atoms with E-state index >= 15 is 0 Å². The number of ether oxygens (including phenoxy) is 2. The molecule has 1 aromatic rings. The van der Waals surface area contributed by atoms with Gasteiger partial charge in [-0.15, -0.1) is 5.10 Å². The van der Waals surface area contributed by atoms with Gasteiger partial charge in [0.15, 0.2) is 0 Å². The van der Waals surface area contributed by atoms with E-state index < -0.39 is 5.60 Å². The molecule has 15 heavy (non-hydrogen) atoms. The molecular weight excluding hydrogens is 200 g/mol. The normalized spacial score (nSPS) is 11.2. The standard InChI is InChI=1S/C8H14N4O3/c1-8(2,15-4)5(13)9-6-10-7(14-3)12-11-6/h1-4H3,(H2,9,10,11,12,13). The van der Waals surface area contributed by atoms with Crippen LogP contribution in [0.15, 0.2) is 0 Å². The number of rotatable bonds is 4. The van der Waals surface area contributed by atoms with Gasteiger partial charge in [-0.2, -0.15) is 4.98 Å². The quantitative estimate of drug-likeness (QED) is 0.746. The lowest BCUT2D eigenvalue weighted by Gasteiger charge is -2.20. The maximum atomic E-state index is 11.6. The molecule has 0 atom stereocenters. The first-order chi connectivity index (χ1) is 6.99. The summed E-state index contributed by atoms with van der Waals surface area (Å²) in [6.07, 6.45) is 0. The van der Waals surface area contributed by atoms with Crippen molar-refractivity contribution in [3.63, 3.8) is 0 Å². The summed E-state index contributed by atoms with van der Waals surface area (Å²) in [4.78, 5) is 15.4. The number of methoxy groups -OCH3 is 2. The number of aromatic nitrogens is 3. The van der Waals surface area contributed by atoms with Crippen molar-refractivity contribution in [1.29, 1.82) is 0 Å². The second kappa shape index (κ2) is 4.26. The molecule has 0 aliphatic rings. The Kier molecular flexibility index (Phi) is 3.25. The van der Waals surface area contributed by atoms with Crippen molar-refractivity contribution in [1.82, 2.24) is 15.2 Å². The van der Waals surface area contributed by atoms with Crippen LogP contribution in [0.4, 0.5) is 5.95 Å². The van der Waals surface area contributed by atoms with Gasteiger partial charge in [0.05, 0.1) is 7.11 Å². The molecule has 84 valence electrons. The molecule has 1 aromatic heterocycles. The fourth-order valence-corrected chi connectivity index (χ4v) is 0.744. The lowest BCUT2D eigenvalue weighted by atomic mass is 10.1. The minimum Gasteiger partial charge on any atom is -0.466 e. The molecule has 0 radical (unpaired) electrons. The van der Waals surface area contributed by atoms with Gasteiger partial charge in [0.25, 0.3) is 5.91 Å². The molecule has 0 aliphatic heterocycles. The largest absolute Gasteiger partial charge is 0.466 e. The van der Waals surface area contributed by atoms with Crippen molar-refractivity contribution in [3.05, 3.63) is 0 Å². The van der Waals surface area contributed by atoms with Crippen LogP contribution in [-0.2, 0) is 9.53 Å². The highest BCUT2D eigenvalue weighted by atomic mass is 16.5. The van der Waals surface area contributed by atoms with E-state index in [-0.39, 0.29) is 17.9 Å². The Balaban J connectivity index is 2.66. The number of nitrogens with one attached hydrogen (secondary N) is 2. The van der Waals surface area contributed by atoms with Crippen LogP contribution in [0.2, 0.25) is 0 Å². The predicted octanol–water partition coefficient (Wildman–Crippen LogP) is 0.177. The summed E-state index contributed by atoms with van der Waals surface area (Å²) in [5.74, 6) is -0.0919. The summed E-state index contributed by atoms with van der Waals surface area (Å²) in [5, 5.41) is 8.71. The third-order valence-electron chi connectivity index (χ3n) is 1.94. The van der Waals surface area contributed by atoms with Gasteiger partial charge in [-0.1, -0.05) is 0 Å². The second-order valence-electron chi connectivity index (χ2n) is 3.34. The van der Waals surface area contributed by atoms with E-state index in [1.165, 1.54) is 14.2 Å². The number of H-pyrrole nitrogens is 1. The number of amides is 1. The van der Waals surface area contributed by atoms with Gasteiger partial charge >= 0.3 is 6.01 Å². The Morgan fingerprint density at radius 2 is 2.13 bits per heavy atom. The van der Waals surface area contributed by atoms with Crippen molar-refractivity contribution in [2.75, 3.05) is 19.5 Å². The smallest absolute Gasteiger partial charge is 0.336 e. The van der Waals surface area contributed by atoms with Gasteiger partial charge in [-0.05, 0) is 13.8 Å². The van der Waals surface area contributed by atoms with Gasteiger partial charge in [-0.3, -0.25) is 10.1 Å². The van der Waals surface area contributed by atoms with Crippen molar-refractivity contribution in [2.45, 2.75) is 19.4 Å². The molecule has 0 aromatic carbocycles. The lowest BCUT2D eigenvalue weighted by molar-refractivity contribution is -0.133. The molecule has 1 amide bonds. The molecule has 0 aliphatic carbocycles. The fourth-order valence-electron chi connectivity index (χ4n) is 0.744. The van der Waals surface area contributed by atoms with E-state index in [0.717, 1.165) is 0 Å². The van der Waals surface area contributed by atoms with Gasteiger partial charge in [0.2, 0.25) is 5.95 Å². The van der Waals surface area contributed by atoms with Crippen molar-refractivity contribution in [3.8, 4) is 6.01 Å². The zero-order valence-corrected chi connectivity index (χ0v) is 9.12. The minimum absolute atomic E-state index is 0.167. The van der Waals surface area contributed by atoms with Gasteiger partial charge in [-0.25, -0.2) is 5.10 Å². The minimum atomic E-state index is -0.917. The fraction of sp³-hybridized carbons (Fsp3) is 0.625. The number of carbonyl (C=O) groups excluding carboxylic acids is 1. The number of carbonyl (C=O) groups is 1. The molecule has 7 heteroatoms. The maximum Gasteiger partial charge on any atom is 0.336 e. The monoisotopic (exact) mass is 214 g/mol. The van der Waals surface area contributed by atoms with Crippen LogP contribution in [0, 0.1) is 0 Å². The molecule has 2 N–H and O–H groups in total. The number of hydrogen-bond acceptors (Lipinski definition) is 5. The molecule has 0 unspecified atom stereocenters. The first-order valence-electron chi connectivity index (χ1n) is 4.32. The summed E-state index contributed by atoms with van der Waals surface area (Å²) >= 11 is 0. The van der Waals surface area contributed by atoms with Gasteiger partial charge < -0.3 is 9.47 Å². The van der Waals surface area contributed by atoms with Crippen molar-refractivity contribution >= 4 is 11.9 Å². The molecule has 1 rings (SSSR count). The van der Waals surface area contributed by atoms with E-state index in [9.17, 15) is 4.79 Å². The van der Waals surface area contributed by atoms with Gasteiger partial charge in [0, 0.05) is 7.11 Å². The summed E-state index contributed by atoms with van der Waals surface area (Å²) in [7, 11) is 2.90. The Labute approximate surface area is 87.2 Å². The highest BCUT2D eigenvalue weighted by molar-refractivity contribution is 5.95. The topological polar surface area (TPSA) is 89.1 Å². The van der Waals surface area contributed by atoms with Crippen LogP contribution in [0.5, 0.6) is 6.01 Å². The SMILES string of the molecule is COc1n[nH]c(NC(=O)C(C)(C)OC)n1. The Morgan fingerprint density at radius 3 is 2.60 bits per heavy atom. The predicted molar refractivity (Wildman–Crippen MR) is 52.7 cm³/mol. The average Bonchev–Trinajstić information content (AvgIpc) is 2.65. The van der Waals surface area contributed by atoms with Crippen LogP contribution in [-0.4, -0.2) is 40.9 Å². The van der Waals surface area contributed by atoms with E-state index in [0.29, 0.717) is 0 Å². The number of hydrogen-bond donors (Lipinski definition) is 2. The van der Waals surface area contributed by atoms with Crippen molar-refractivity contribution < 1.29 is 14.3 Å². The number of anilines is 1. The van der Waals surface area contributed by atoms with Crippen LogP contribution in [0.25, 0.3) is 0 Å². The zero-order valence-electron chi connectivity index (χ0n) is 9.12. The summed E-state index contributed by atoms with van der Waals surface area (Å²) in [6.45, 7) is 3.30. The van der Waals surface area contributed by atoms with Crippen LogP contribution < -0.4 is 10.1 Å². The second-order valence-corrected chi connectivity index (χ2v) is 3.34. The van der Waals surface area contributed by atoms with Crippen molar-refractivity contribution in [2.24, 2.45) is 0 Å². The Hall–Kier alpha value is -1.63. The summed E-state index contributed by atoms with van der Waals surface area (Å²) in [5.41, 5.74) is -0.917. The Bertz CT molecular complexity index is 347. The first kappa shape index (κ1) is 11.4. The molecule has 0 spiro atoms. The van der Waals surface area contributed by atoms with E-state index in [1.807, 2.05) is 0 Å². The molecule has 0 saturated heterocycles. The molecule has 0 fully saturated rings. The van der Waals surface area contributed by atoms with Crippen LogP contribution >= 0.6 is 0 Å². The van der Waals surface area contributed by atoms with E-state index in [4.69, 9.17) is 9.47 Å². The highest BCUT2D eigenvalue weighted by Crippen LogP contribution is 2.11. The average molecular weight is 214 g/mol. The third-order valence-corrected chi connectivity index (χ3v) is 1.94.